The van der Waals surface area contributed by atoms with Crippen LogP contribution in [0.5, 0.6) is 0 Å². The van der Waals surface area contributed by atoms with Gasteiger partial charge in [0.25, 0.3) is 0 Å². The Labute approximate surface area is 132 Å². The van der Waals surface area contributed by atoms with Gasteiger partial charge in [-0.05, 0) is 60.6 Å². The molecule has 22 heavy (non-hydrogen) atoms. The standard InChI is InChI=1S/C18H21NO2S/c1-3-14-7-4-6-13(2)18(14)15-8-5-9-16(12-15)19-22(20,21)17-10-11-17/h4-9,12,17,19H,3,10-11H2,1-2H3. The Balaban J connectivity index is 1.98. The van der Waals surface area contributed by atoms with Gasteiger partial charge in [-0.25, -0.2) is 8.42 Å². The smallest absolute Gasteiger partial charge is 0.235 e. The van der Waals surface area contributed by atoms with Crippen molar-refractivity contribution in [3.05, 3.63) is 53.6 Å². The van der Waals surface area contributed by atoms with Crippen molar-refractivity contribution in [2.45, 2.75) is 38.4 Å². The van der Waals surface area contributed by atoms with Gasteiger partial charge in [0.05, 0.1) is 5.25 Å². The van der Waals surface area contributed by atoms with Gasteiger partial charge in [0, 0.05) is 5.69 Å². The van der Waals surface area contributed by atoms with E-state index in [-0.39, 0.29) is 5.25 Å². The van der Waals surface area contributed by atoms with E-state index >= 15 is 0 Å². The van der Waals surface area contributed by atoms with Crippen molar-refractivity contribution in [1.82, 2.24) is 0 Å². The molecule has 0 radical (unpaired) electrons. The van der Waals surface area contributed by atoms with E-state index in [0.717, 1.165) is 24.8 Å². The first-order chi connectivity index (χ1) is 10.5. The summed E-state index contributed by atoms with van der Waals surface area (Å²) in [6.45, 7) is 4.23. The third-order valence-electron chi connectivity index (χ3n) is 4.11. The fourth-order valence-corrected chi connectivity index (χ4v) is 4.18. The molecular formula is C18H21NO2S. The summed E-state index contributed by atoms with van der Waals surface area (Å²) in [5.74, 6) is 0. The molecular weight excluding hydrogens is 294 g/mol. The number of hydrogen-bond donors (Lipinski definition) is 1. The summed E-state index contributed by atoms with van der Waals surface area (Å²) in [7, 11) is -3.21. The number of anilines is 1. The van der Waals surface area contributed by atoms with Crippen LogP contribution in [-0.2, 0) is 16.4 Å². The maximum absolute atomic E-state index is 12.1. The lowest BCUT2D eigenvalue weighted by molar-refractivity contribution is 0.600. The molecule has 3 nitrogen and oxygen atoms in total. The second-order valence-electron chi connectivity index (χ2n) is 5.89. The van der Waals surface area contributed by atoms with Gasteiger partial charge in [-0.2, -0.15) is 0 Å². The molecule has 0 spiro atoms. The van der Waals surface area contributed by atoms with E-state index in [4.69, 9.17) is 0 Å². The summed E-state index contributed by atoms with van der Waals surface area (Å²) in [5.41, 5.74) is 5.40. The van der Waals surface area contributed by atoms with Crippen LogP contribution in [-0.4, -0.2) is 13.7 Å². The van der Waals surface area contributed by atoms with Crippen LogP contribution in [0.2, 0.25) is 0 Å². The lowest BCUT2D eigenvalue weighted by atomic mass is 9.93. The van der Waals surface area contributed by atoms with Crippen molar-refractivity contribution in [2.24, 2.45) is 0 Å². The minimum absolute atomic E-state index is 0.208. The minimum atomic E-state index is -3.21. The third-order valence-corrected chi connectivity index (χ3v) is 5.98. The highest BCUT2D eigenvalue weighted by Gasteiger charge is 2.35. The maximum Gasteiger partial charge on any atom is 0.235 e. The number of hydrogen-bond acceptors (Lipinski definition) is 2. The van der Waals surface area contributed by atoms with Crippen LogP contribution in [0.25, 0.3) is 11.1 Å². The predicted molar refractivity (Wildman–Crippen MR) is 91.6 cm³/mol. The van der Waals surface area contributed by atoms with Gasteiger partial charge >= 0.3 is 0 Å². The van der Waals surface area contributed by atoms with Crippen molar-refractivity contribution in [2.75, 3.05) is 4.72 Å². The predicted octanol–water partition coefficient (Wildman–Crippen LogP) is 4.13. The second-order valence-corrected chi connectivity index (χ2v) is 7.85. The summed E-state index contributed by atoms with van der Waals surface area (Å²) in [4.78, 5) is 0. The van der Waals surface area contributed by atoms with E-state index in [0.29, 0.717) is 5.69 Å². The highest BCUT2D eigenvalue weighted by Crippen LogP contribution is 2.32. The van der Waals surface area contributed by atoms with Crippen LogP contribution in [0.3, 0.4) is 0 Å². The molecule has 0 saturated heterocycles. The van der Waals surface area contributed by atoms with Crippen LogP contribution in [0.15, 0.2) is 42.5 Å². The van der Waals surface area contributed by atoms with Crippen molar-refractivity contribution in [3.8, 4) is 11.1 Å². The quantitative estimate of drug-likeness (QED) is 0.902. The van der Waals surface area contributed by atoms with Crippen LogP contribution < -0.4 is 4.72 Å². The zero-order chi connectivity index (χ0) is 15.7. The second kappa shape index (κ2) is 5.76. The van der Waals surface area contributed by atoms with E-state index in [1.54, 1.807) is 0 Å². The molecule has 0 aromatic heterocycles. The molecule has 0 unspecified atom stereocenters. The fraction of sp³-hybridized carbons (Fsp3) is 0.333. The lowest BCUT2D eigenvalue weighted by Crippen LogP contribution is -2.17. The average molecular weight is 315 g/mol. The van der Waals surface area contributed by atoms with Gasteiger partial charge in [-0.15, -0.1) is 0 Å². The Morgan fingerprint density at radius 2 is 1.86 bits per heavy atom. The molecule has 2 aromatic rings. The van der Waals surface area contributed by atoms with Gasteiger partial charge in [-0.1, -0.05) is 37.3 Å². The van der Waals surface area contributed by atoms with Gasteiger partial charge in [0.15, 0.2) is 0 Å². The monoisotopic (exact) mass is 315 g/mol. The highest BCUT2D eigenvalue weighted by atomic mass is 32.2. The van der Waals surface area contributed by atoms with Crippen molar-refractivity contribution in [3.63, 3.8) is 0 Å². The molecule has 4 heteroatoms. The van der Waals surface area contributed by atoms with E-state index in [2.05, 4.69) is 36.8 Å². The normalized spacial score (nSPS) is 14.8. The van der Waals surface area contributed by atoms with Crippen LogP contribution in [0.1, 0.15) is 30.9 Å². The molecule has 0 heterocycles. The zero-order valence-corrected chi connectivity index (χ0v) is 13.8. The Bertz CT molecular complexity index is 792. The molecule has 1 fully saturated rings. The molecule has 116 valence electrons. The van der Waals surface area contributed by atoms with Gasteiger partial charge in [0.1, 0.15) is 0 Å². The Hall–Kier alpha value is -1.81. The van der Waals surface area contributed by atoms with Crippen LogP contribution in [0, 0.1) is 6.92 Å². The first-order valence-corrected chi connectivity index (χ1v) is 9.26. The number of nitrogens with one attached hydrogen (secondary N) is 1. The van der Waals surface area contributed by atoms with Crippen molar-refractivity contribution in [1.29, 1.82) is 0 Å². The van der Waals surface area contributed by atoms with E-state index < -0.39 is 10.0 Å². The largest absolute Gasteiger partial charge is 0.283 e. The molecule has 1 N–H and O–H groups in total. The summed E-state index contributed by atoms with van der Waals surface area (Å²) in [6.07, 6.45) is 2.49. The maximum atomic E-state index is 12.1. The summed E-state index contributed by atoms with van der Waals surface area (Å²) in [6, 6.07) is 14.0. The molecule has 0 amide bonds. The Morgan fingerprint density at radius 3 is 2.55 bits per heavy atom. The van der Waals surface area contributed by atoms with Gasteiger partial charge in [0.2, 0.25) is 10.0 Å². The zero-order valence-electron chi connectivity index (χ0n) is 13.0. The third kappa shape index (κ3) is 3.02. The number of benzene rings is 2. The minimum Gasteiger partial charge on any atom is -0.283 e. The summed E-state index contributed by atoms with van der Waals surface area (Å²) in [5, 5.41) is -0.208. The van der Waals surface area contributed by atoms with Crippen molar-refractivity contribution < 1.29 is 8.42 Å². The molecule has 0 aliphatic heterocycles. The molecule has 1 saturated carbocycles. The molecule has 0 bridgehead atoms. The average Bonchev–Trinajstić information content (AvgIpc) is 3.31. The molecule has 1 aliphatic rings. The van der Waals surface area contributed by atoms with Gasteiger partial charge in [-0.3, -0.25) is 4.72 Å². The van der Waals surface area contributed by atoms with E-state index in [1.807, 2.05) is 24.3 Å². The van der Waals surface area contributed by atoms with E-state index in [9.17, 15) is 8.42 Å². The van der Waals surface area contributed by atoms with Crippen LogP contribution in [0.4, 0.5) is 5.69 Å². The molecule has 0 atom stereocenters. The van der Waals surface area contributed by atoms with Crippen molar-refractivity contribution >= 4 is 15.7 Å². The first kappa shape index (κ1) is 15.1. The molecule has 2 aromatic carbocycles. The molecule has 3 rings (SSSR count). The summed E-state index contributed by atoms with van der Waals surface area (Å²) < 4.78 is 26.9. The number of sulfonamides is 1. The Kier molecular flexibility index (Phi) is 3.96. The van der Waals surface area contributed by atoms with E-state index in [1.165, 1.54) is 16.7 Å². The lowest BCUT2D eigenvalue weighted by Gasteiger charge is -2.14. The SMILES string of the molecule is CCc1cccc(C)c1-c1cccc(NS(=O)(=O)C2CC2)c1. The topological polar surface area (TPSA) is 46.2 Å². The molecule has 1 aliphatic carbocycles. The Morgan fingerprint density at radius 1 is 1.14 bits per heavy atom. The highest BCUT2D eigenvalue weighted by molar-refractivity contribution is 7.93. The van der Waals surface area contributed by atoms with Crippen LogP contribution >= 0.6 is 0 Å². The first-order valence-electron chi connectivity index (χ1n) is 7.72. The number of rotatable bonds is 5. The van der Waals surface area contributed by atoms with Gasteiger partial charge < -0.3 is 0 Å². The fourth-order valence-electron chi connectivity index (χ4n) is 2.80. The number of aryl methyl sites for hydroxylation is 2. The summed E-state index contributed by atoms with van der Waals surface area (Å²) >= 11 is 0.